The van der Waals surface area contributed by atoms with Crippen LogP contribution in [0.15, 0.2) is 18.2 Å². The molecular formula is C13H14ClNO3. The number of ketones is 1. The molecule has 1 aromatic rings. The van der Waals surface area contributed by atoms with Crippen molar-refractivity contribution >= 4 is 29.0 Å². The number of nitrogens with zero attached hydrogens (tertiary/aromatic N) is 1. The van der Waals surface area contributed by atoms with Gasteiger partial charge in [0.1, 0.15) is 5.75 Å². The second-order valence-corrected chi connectivity index (χ2v) is 4.94. The van der Waals surface area contributed by atoms with Crippen molar-refractivity contribution in [2.45, 2.75) is 13.8 Å². The van der Waals surface area contributed by atoms with E-state index >= 15 is 0 Å². The van der Waals surface area contributed by atoms with E-state index in [1.807, 2.05) is 13.8 Å². The van der Waals surface area contributed by atoms with Gasteiger partial charge >= 0.3 is 0 Å². The first-order chi connectivity index (χ1) is 8.49. The van der Waals surface area contributed by atoms with Crippen LogP contribution in [0.4, 0.5) is 5.69 Å². The van der Waals surface area contributed by atoms with E-state index in [1.54, 1.807) is 18.2 Å². The van der Waals surface area contributed by atoms with Gasteiger partial charge in [-0.2, -0.15) is 0 Å². The van der Waals surface area contributed by atoms with Gasteiger partial charge in [-0.15, -0.1) is 0 Å². The third-order valence-electron chi connectivity index (χ3n) is 2.82. The quantitative estimate of drug-likeness (QED) is 0.844. The Kier molecular flexibility index (Phi) is 3.57. The van der Waals surface area contributed by atoms with E-state index in [4.69, 9.17) is 16.3 Å². The molecule has 4 nitrogen and oxygen atoms in total. The number of ether oxygens (including phenoxy) is 1. The summed E-state index contributed by atoms with van der Waals surface area (Å²) in [5.41, 5.74) is 0.563. The van der Waals surface area contributed by atoms with Crippen LogP contribution in [0.2, 0.25) is 5.02 Å². The highest BCUT2D eigenvalue weighted by atomic mass is 35.5. The predicted molar refractivity (Wildman–Crippen MR) is 69.1 cm³/mol. The van der Waals surface area contributed by atoms with Crippen LogP contribution in [0.5, 0.6) is 5.75 Å². The molecule has 0 N–H and O–H groups in total. The Morgan fingerprint density at radius 2 is 2.22 bits per heavy atom. The molecule has 0 atom stereocenters. The molecule has 1 aromatic carbocycles. The van der Waals surface area contributed by atoms with Crippen molar-refractivity contribution in [3.63, 3.8) is 0 Å². The molecule has 96 valence electrons. The number of halogens is 1. The zero-order chi connectivity index (χ0) is 13.3. The molecule has 0 radical (unpaired) electrons. The van der Waals surface area contributed by atoms with E-state index in [-0.39, 0.29) is 30.8 Å². The van der Waals surface area contributed by atoms with Gasteiger partial charge in [-0.05, 0) is 18.2 Å². The molecule has 18 heavy (non-hydrogen) atoms. The number of amides is 1. The van der Waals surface area contributed by atoms with Gasteiger partial charge in [0.05, 0.1) is 12.2 Å². The van der Waals surface area contributed by atoms with Crippen molar-refractivity contribution in [1.29, 1.82) is 0 Å². The largest absolute Gasteiger partial charge is 0.482 e. The third kappa shape index (κ3) is 2.48. The molecule has 0 aliphatic carbocycles. The lowest BCUT2D eigenvalue weighted by Crippen LogP contribution is -2.42. The predicted octanol–water partition coefficient (Wildman–Crippen LogP) is 2.29. The molecule has 2 rings (SSSR count). The summed E-state index contributed by atoms with van der Waals surface area (Å²) in [5, 5.41) is 0.508. The first-order valence-electron chi connectivity index (χ1n) is 5.74. The lowest BCUT2D eigenvalue weighted by Gasteiger charge is -2.29. The minimum absolute atomic E-state index is 0.0103. The van der Waals surface area contributed by atoms with Crippen molar-refractivity contribution in [1.82, 2.24) is 0 Å². The Morgan fingerprint density at radius 3 is 2.89 bits per heavy atom. The number of fused-ring (bicyclic) bond motifs is 1. The van der Waals surface area contributed by atoms with Crippen molar-refractivity contribution in [2.75, 3.05) is 18.1 Å². The Morgan fingerprint density at radius 1 is 1.50 bits per heavy atom. The Bertz CT molecular complexity index is 499. The van der Waals surface area contributed by atoms with E-state index in [9.17, 15) is 9.59 Å². The van der Waals surface area contributed by atoms with Gasteiger partial charge in [0.15, 0.2) is 12.4 Å². The summed E-state index contributed by atoms with van der Waals surface area (Å²) in [6, 6.07) is 5.04. The van der Waals surface area contributed by atoms with Crippen molar-refractivity contribution < 1.29 is 14.3 Å². The summed E-state index contributed by atoms with van der Waals surface area (Å²) < 4.78 is 5.30. The normalized spacial score (nSPS) is 14.4. The first kappa shape index (κ1) is 12.9. The van der Waals surface area contributed by atoms with Gasteiger partial charge in [0.25, 0.3) is 5.91 Å². The molecular weight excluding hydrogens is 254 g/mol. The Labute approximate surface area is 110 Å². The zero-order valence-electron chi connectivity index (χ0n) is 10.3. The number of hydrogen-bond donors (Lipinski definition) is 0. The Balaban J connectivity index is 2.33. The van der Waals surface area contributed by atoms with Crippen LogP contribution < -0.4 is 9.64 Å². The standard InChI is InChI=1S/C13H14ClNO3/c1-8(2)11(16)6-15-10-5-9(14)3-4-12(10)18-7-13(15)17/h3-5,8H,6-7H2,1-2H3. The van der Waals surface area contributed by atoms with Crippen LogP contribution in [-0.2, 0) is 9.59 Å². The van der Waals surface area contributed by atoms with E-state index in [0.29, 0.717) is 16.5 Å². The maximum atomic E-state index is 11.8. The fourth-order valence-corrected chi connectivity index (χ4v) is 1.85. The number of benzene rings is 1. The molecule has 0 bridgehead atoms. The van der Waals surface area contributed by atoms with Gasteiger partial charge in [0.2, 0.25) is 0 Å². The van der Waals surface area contributed by atoms with E-state index in [2.05, 4.69) is 0 Å². The van der Waals surface area contributed by atoms with E-state index in [0.717, 1.165) is 0 Å². The molecule has 0 spiro atoms. The Hall–Kier alpha value is -1.55. The number of Topliss-reactive ketones (excluding diaryl/α,β-unsaturated/α-hetero) is 1. The van der Waals surface area contributed by atoms with Crippen LogP contribution in [0.1, 0.15) is 13.8 Å². The zero-order valence-corrected chi connectivity index (χ0v) is 11.0. The highest BCUT2D eigenvalue weighted by Crippen LogP contribution is 2.34. The molecule has 0 saturated heterocycles. The van der Waals surface area contributed by atoms with E-state index < -0.39 is 0 Å². The van der Waals surface area contributed by atoms with Crippen molar-refractivity contribution in [3.05, 3.63) is 23.2 Å². The molecule has 1 heterocycles. The number of anilines is 1. The van der Waals surface area contributed by atoms with Crippen LogP contribution in [0, 0.1) is 5.92 Å². The number of hydrogen-bond acceptors (Lipinski definition) is 3. The summed E-state index contributed by atoms with van der Waals surface area (Å²) in [6.45, 7) is 3.64. The molecule has 1 amide bonds. The average Bonchev–Trinajstić information content (AvgIpc) is 2.32. The van der Waals surface area contributed by atoms with Crippen LogP contribution in [0.3, 0.4) is 0 Å². The number of carbonyl (C=O) groups is 2. The first-order valence-corrected chi connectivity index (χ1v) is 6.12. The average molecular weight is 268 g/mol. The maximum Gasteiger partial charge on any atom is 0.265 e. The number of carbonyl (C=O) groups excluding carboxylic acids is 2. The molecule has 0 saturated carbocycles. The maximum absolute atomic E-state index is 11.8. The molecule has 5 heteroatoms. The van der Waals surface area contributed by atoms with Gasteiger partial charge in [-0.1, -0.05) is 25.4 Å². The van der Waals surface area contributed by atoms with Crippen LogP contribution >= 0.6 is 11.6 Å². The number of rotatable bonds is 3. The molecule has 1 aliphatic heterocycles. The highest BCUT2D eigenvalue weighted by molar-refractivity contribution is 6.31. The summed E-state index contributed by atoms with van der Waals surface area (Å²) in [4.78, 5) is 25.1. The van der Waals surface area contributed by atoms with E-state index in [1.165, 1.54) is 4.90 Å². The highest BCUT2D eigenvalue weighted by Gasteiger charge is 2.28. The summed E-state index contributed by atoms with van der Waals surface area (Å²) in [5.74, 6) is 0.258. The van der Waals surface area contributed by atoms with Crippen molar-refractivity contribution in [2.24, 2.45) is 5.92 Å². The smallest absolute Gasteiger partial charge is 0.265 e. The minimum atomic E-state index is -0.223. The monoisotopic (exact) mass is 267 g/mol. The lowest BCUT2D eigenvalue weighted by molar-refractivity contribution is -0.125. The second-order valence-electron chi connectivity index (χ2n) is 4.50. The van der Waals surface area contributed by atoms with Crippen LogP contribution in [0.25, 0.3) is 0 Å². The summed E-state index contributed by atoms with van der Waals surface area (Å²) in [7, 11) is 0. The van der Waals surface area contributed by atoms with Gasteiger partial charge in [0, 0.05) is 10.9 Å². The minimum Gasteiger partial charge on any atom is -0.482 e. The fraction of sp³-hybridized carbons (Fsp3) is 0.385. The lowest BCUT2D eigenvalue weighted by atomic mass is 10.1. The summed E-state index contributed by atoms with van der Waals surface area (Å²) in [6.07, 6.45) is 0. The molecule has 1 aliphatic rings. The fourth-order valence-electron chi connectivity index (χ4n) is 1.69. The topological polar surface area (TPSA) is 46.6 Å². The van der Waals surface area contributed by atoms with Gasteiger partial charge in [-0.3, -0.25) is 14.5 Å². The molecule has 0 fully saturated rings. The second kappa shape index (κ2) is 4.98. The van der Waals surface area contributed by atoms with Crippen molar-refractivity contribution in [3.8, 4) is 5.75 Å². The SMILES string of the molecule is CC(C)C(=O)CN1C(=O)COc2ccc(Cl)cc21. The van der Waals surface area contributed by atoms with Gasteiger partial charge < -0.3 is 4.74 Å². The summed E-state index contributed by atoms with van der Waals surface area (Å²) >= 11 is 5.91. The van der Waals surface area contributed by atoms with Crippen LogP contribution in [-0.4, -0.2) is 24.8 Å². The molecule has 0 unspecified atom stereocenters. The molecule has 0 aromatic heterocycles. The third-order valence-corrected chi connectivity index (χ3v) is 3.06. The van der Waals surface area contributed by atoms with Gasteiger partial charge in [-0.25, -0.2) is 0 Å².